The zero-order valence-electron chi connectivity index (χ0n) is 14.2. The zero-order chi connectivity index (χ0) is 17.8. The topological polar surface area (TPSA) is 42.3 Å². The van der Waals surface area contributed by atoms with Gasteiger partial charge >= 0.3 is 0 Å². The number of thioether (sulfide) groups is 1. The van der Waals surface area contributed by atoms with E-state index < -0.39 is 10.8 Å². The Morgan fingerprint density at radius 3 is 2.62 bits per heavy atom. The number of pyridine rings is 1. The van der Waals surface area contributed by atoms with Gasteiger partial charge in [0, 0.05) is 10.6 Å². The van der Waals surface area contributed by atoms with Gasteiger partial charge in [-0.1, -0.05) is 66.4 Å². The summed E-state index contributed by atoms with van der Waals surface area (Å²) in [6.45, 7) is 0.668. The van der Waals surface area contributed by atoms with Gasteiger partial charge in [0.05, 0.1) is 23.0 Å². The van der Waals surface area contributed by atoms with Crippen LogP contribution in [0.5, 0.6) is 0 Å². The molecule has 0 N–H and O–H groups in total. The number of fused-ring (bicyclic) bond motifs is 1. The summed E-state index contributed by atoms with van der Waals surface area (Å²) in [4.78, 5) is 10.5. The smallest absolute Gasteiger partial charge is 0.128 e. The molecule has 3 aromatic rings. The summed E-state index contributed by atoms with van der Waals surface area (Å²) in [5.74, 6) is 0.572. The van der Waals surface area contributed by atoms with Crippen molar-refractivity contribution in [2.75, 3.05) is 5.75 Å². The molecule has 0 bridgehead atoms. The maximum absolute atomic E-state index is 12.7. The first-order valence-corrected chi connectivity index (χ1v) is 10.6. The van der Waals surface area contributed by atoms with Crippen LogP contribution in [0.15, 0.2) is 87.7 Å². The molecule has 5 heteroatoms. The van der Waals surface area contributed by atoms with Gasteiger partial charge in [0.1, 0.15) is 10.1 Å². The number of hydrogen-bond donors (Lipinski definition) is 0. The molecular weight excluding hydrogens is 360 g/mol. The Hall–Kier alpha value is -2.24. The van der Waals surface area contributed by atoms with Crippen LogP contribution in [0.1, 0.15) is 16.8 Å². The van der Waals surface area contributed by atoms with Crippen LogP contribution in [0.3, 0.4) is 0 Å². The molecule has 2 aromatic carbocycles. The summed E-state index contributed by atoms with van der Waals surface area (Å²) in [6, 6.07) is 24.1. The van der Waals surface area contributed by atoms with Crippen LogP contribution in [-0.4, -0.2) is 20.0 Å². The number of nitrogens with zero attached hydrogens (tertiary/aromatic N) is 2. The molecule has 2 heterocycles. The van der Waals surface area contributed by atoms with Gasteiger partial charge in [-0.05, 0) is 35.7 Å². The molecule has 1 aliphatic heterocycles. The molecule has 1 aromatic heterocycles. The van der Waals surface area contributed by atoms with Gasteiger partial charge < -0.3 is 0 Å². The van der Waals surface area contributed by atoms with Crippen molar-refractivity contribution in [2.24, 2.45) is 4.99 Å². The average molecular weight is 379 g/mol. The first kappa shape index (κ1) is 17.2. The third-order valence-electron chi connectivity index (χ3n) is 4.17. The largest absolute Gasteiger partial charge is 0.271 e. The molecule has 4 rings (SSSR count). The van der Waals surface area contributed by atoms with E-state index in [0.29, 0.717) is 17.3 Å². The fourth-order valence-electron chi connectivity index (χ4n) is 2.78. The van der Waals surface area contributed by atoms with Crippen LogP contribution in [0.25, 0.3) is 0 Å². The number of aromatic nitrogens is 1. The molecule has 0 spiro atoms. The van der Waals surface area contributed by atoms with Gasteiger partial charge in [-0.2, -0.15) is 0 Å². The summed E-state index contributed by atoms with van der Waals surface area (Å²) >= 11 is 1.63. The molecule has 0 saturated carbocycles. The highest BCUT2D eigenvalue weighted by Gasteiger charge is 2.16. The maximum atomic E-state index is 12.7. The van der Waals surface area contributed by atoms with Crippen molar-refractivity contribution in [3.05, 3.63) is 89.6 Å². The first-order valence-electron chi connectivity index (χ1n) is 8.49. The van der Waals surface area contributed by atoms with E-state index in [9.17, 15) is 4.21 Å². The van der Waals surface area contributed by atoms with Crippen molar-refractivity contribution in [1.82, 2.24) is 4.98 Å². The highest BCUT2D eigenvalue weighted by atomic mass is 32.2. The summed E-state index contributed by atoms with van der Waals surface area (Å²) in [6.07, 6.45) is 0.780. The van der Waals surface area contributed by atoms with Crippen molar-refractivity contribution in [3.8, 4) is 0 Å². The minimum atomic E-state index is -1.12. The summed E-state index contributed by atoms with van der Waals surface area (Å²) in [5, 5.41) is 1.52. The molecule has 0 amide bonds. The van der Waals surface area contributed by atoms with E-state index in [1.165, 1.54) is 16.0 Å². The Morgan fingerprint density at radius 1 is 0.923 bits per heavy atom. The summed E-state index contributed by atoms with van der Waals surface area (Å²) in [7, 11) is -1.12. The lowest BCUT2D eigenvalue weighted by Crippen LogP contribution is -2.09. The van der Waals surface area contributed by atoms with E-state index in [4.69, 9.17) is 0 Å². The van der Waals surface area contributed by atoms with Crippen LogP contribution < -0.4 is 0 Å². The number of benzene rings is 2. The van der Waals surface area contributed by atoms with Crippen molar-refractivity contribution < 1.29 is 4.21 Å². The van der Waals surface area contributed by atoms with Crippen LogP contribution in [0, 0.1) is 0 Å². The lowest BCUT2D eigenvalue weighted by molar-refractivity contribution is 0.679. The van der Waals surface area contributed by atoms with Gasteiger partial charge in [0.2, 0.25) is 0 Å². The fraction of sp³-hybridized carbons (Fsp3) is 0.143. The normalized spacial score (nSPS) is 14.4. The number of rotatable bonds is 5. The molecule has 3 nitrogen and oxygen atoms in total. The van der Waals surface area contributed by atoms with Gasteiger partial charge in [0.25, 0.3) is 0 Å². The highest BCUT2D eigenvalue weighted by molar-refractivity contribution is 8.14. The Kier molecular flexibility index (Phi) is 5.27. The van der Waals surface area contributed by atoms with Gasteiger partial charge in [-0.3, -0.25) is 9.20 Å². The SMILES string of the molecule is O=S(CCc1ccccc1)c1cccc(C2=NCc3ccccc3S2)n1. The van der Waals surface area contributed by atoms with Crippen molar-refractivity contribution in [3.63, 3.8) is 0 Å². The third-order valence-corrected chi connectivity index (χ3v) is 6.59. The lowest BCUT2D eigenvalue weighted by atomic mass is 10.2. The Labute approximate surface area is 160 Å². The number of aryl methyl sites for hydroxylation is 1. The Bertz CT molecular complexity index is 971. The maximum Gasteiger partial charge on any atom is 0.128 e. The monoisotopic (exact) mass is 378 g/mol. The molecule has 26 heavy (non-hydrogen) atoms. The summed E-state index contributed by atoms with van der Waals surface area (Å²) in [5.41, 5.74) is 3.24. The van der Waals surface area contributed by atoms with E-state index in [2.05, 4.69) is 34.2 Å². The van der Waals surface area contributed by atoms with Crippen LogP contribution in [0.2, 0.25) is 0 Å². The highest BCUT2D eigenvalue weighted by Crippen LogP contribution is 2.31. The second-order valence-corrected chi connectivity index (χ2v) is 8.53. The molecule has 0 fully saturated rings. The fourth-order valence-corrected chi connectivity index (χ4v) is 4.81. The van der Waals surface area contributed by atoms with E-state index >= 15 is 0 Å². The van der Waals surface area contributed by atoms with Gasteiger partial charge in [0.15, 0.2) is 0 Å². The van der Waals surface area contributed by atoms with E-state index in [1.807, 2.05) is 48.5 Å². The Morgan fingerprint density at radius 2 is 1.73 bits per heavy atom. The second kappa shape index (κ2) is 7.98. The average Bonchev–Trinajstić information content (AvgIpc) is 2.72. The van der Waals surface area contributed by atoms with E-state index in [1.54, 1.807) is 11.8 Å². The molecule has 0 radical (unpaired) electrons. The number of hydrogen-bond acceptors (Lipinski definition) is 4. The molecule has 1 atom stereocenters. The molecule has 1 unspecified atom stereocenters. The van der Waals surface area contributed by atoms with E-state index in [0.717, 1.165) is 17.2 Å². The van der Waals surface area contributed by atoms with Crippen LogP contribution >= 0.6 is 11.8 Å². The van der Waals surface area contributed by atoms with Crippen molar-refractivity contribution >= 4 is 27.6 Å². The van der Waals surface area contributed by atoms with Gasteiger partial charge in [-0.15, -0.1) is 0 Å². The molecule has 130 valence electrons. The lowest BCUT2D eigenvalue weighted by Gasteiger charge is -2.15. The zero-order valence-corrected chi connectivity index (χ0v) is 15.8. The van der Waals surface area contributed by atoms with Crippen molar-refractivity contribution in [2.45, 2.75) is 22.9 Å². The van der Waals surface area contributed by atoms with Crippen LogP contribution in [-0.2, 0) is 23.8 Å². The quantitative estimate of drug-likeness (QED) is 0.657. The molecule has 1 aliphatic rings. The number of aliphatic imine (C=N–C) groups is 1. The van der Waals surface area contributed by atoms with Crippen molar-refractivity contribution in [1.29, 1.82) is 0 Å². The van der Waals surface area contributed by atoms with Crippen LogP contribution in [0.4, 0.5) is 0 Å². The second-order valence-electron chi connectivity index (χ2n) is 5.98. The van der Waals surface area contributed by atoms with Gasteiger partial charge in [-0.25, -0.2) is 4.98 Å². The standard InChI is InChI=1S/C21H18N2OS2/c24-26(14-13-16-7-2-1-3-8-16)20-12-6-10-18(23-20)21-22-15-17-9-4-5-11-19(17)25-21/h1-12H,13-15H2. The molecular formula is C21H18N2OS2. The minimum Gasteiger partial charge on any atom is -0.271 e. The predicted molar refractivity (Wildman–Crippen MR) is 108 cm³/mol. The van der Waals surface area contributed by atoms with E-state index in [-0.39, 0.29) is 0 Å². The Balaban J connectivity index is 1.48. The summed E-state index contributed by atoms with van der Waals surface area (Å²) < 4.78 is 12.7. The minimum absolute atomic E-state index is 0.572. The third kappa shape index (κ3) is 3.94. The molecule has 0 saturated heterocycles. The molecule has 0 aliphatic carbocycles. The first-order chi connectivity index (χ1) is 12.8. The predicted octanol–water partition coefficient (Wildman–Crippen LogP) is 4.48.